The number of ketones is 2. The molecule has 0 aliphatic heterocycles. The zero-order chi connectivity index (χ0) is 19.4. The molecule has 27 heavy (non-hydrogen) atoms. The Hall–Kier alpha value is -2.95. The van der Waals surface area contributed by atoms with Crippen molar-refractivity contribution in [2.75, 3.05) is 18.1 Å². The molecule has 5 nitrogen and oxygen atoms in total. The van der Waals surface area contributed by atoms with Crippen LogP contribution >= 0.6 is 0 Å². The molecular formula is C22H23NO4. The van der Waals surface area contributed by atoms with E-state index in [1.807, 2.05) is 0 Å². The van der Waals surface area contributed by atoms with E-state index in [1.54, 1.807) is 49.4 Å². The lowest BCUT2D eigenvalue weighted by atomic mass is 9.83. The van der Waals surface area contributed by atoms with E-state index in [1.165, 1.54) is 4.90 Å². The van der Waals surface area contributed by atoms with Crippen molar-refractivity contribution in [3.05, 3.63) is 64.7 Å². The Labute approximate surface area is 158 Å². The maximum atomic E-state index is 13.2. The maximum Gasteiger partial charge on any atom is 0.414 e. The van der Waals surface area contributed by atoms with Gasteiger partial charge in [-0.2, -0.15) is 0 Å². The highest BCUT2D eigenvalue weighted by Crippen LogP contribution is 2.34. The number of carbonyl (C=O) groups is 3. The molecule has 0 saturated heterocycles. The number of hydrogen-bond acceptors (Lipinski definition) is 4. The molecule has 0 radical (unpaired) electrons. The van der Waals surface area contributed by atoms with Gasteiger partial charge in [0, 0.05) is 23.2 Å². The third-order valence-corrected chi connectivity index (χ3v) is 4.69. The summed E-state index contributed by atoms with van der Waals surface area (Å²) in [5, 5.41) is 0. The van der Waals surface area contributed by atoms with Gasteiger partial charge in [0.05, 0.1) is 17.9 Å². The van der Waals surface area contributed by atoms with Crippen LogP contribution in [0.5, 0.6) is 0 Å². The highest BCUT2D eigenvalue weighted by molar-refractivity contribution is 6.30. The lowest BCUT2D eigenvalue weighted by Gasteiger charge is -2.27. The molecule has 0 N–H and O–H groups in total. The third kappa shape index (κ3) is 3.50. The fourth-order valence-electron chi connectivity index (χ4n) is 3.38. The molecule has 0 heterocycles. The van der Waals surface area contributed by atoms with E-state index < -0.39 is 6.09 Å². The lowest BCUT2D eigenvalue weighted by molar-refractivity contribution is 0.0979. The van der Waals surface area contributed by atoms with Crippen molar-refractivity contribution < 1.29 is 19.1 Å². The number of anilines is 1. The van der Waals surface area contributed by atoms with Crippen LogP contribution in [0.1, 0.15) is 65.0 Å². The molecule has 0 fully saturated rings. The second-order valence-corrected chi connectivity index (χ2v) is 6.46. The summed E-state index contributed by atoms with van der Waals surface area (Å²) in [4.78, 5) is 40.1. The Morgan fingerprint density at radius 1 is 0.889 bits per heavy atom. The number of rotatable bonds is 6. The molecule has 0 saturated carbocycles. The topological polar surface area (TPSA) is 63.7 Å². The van der Waals surface area contributed by atoms with Gasteiger partial charge in [0.1, 0.15) is 0 Å². The van der Waals surface area contributed by atoms with Gasteiger partial charge in [-0.15, -0.1) is 0 Å². The van der Waals surface area contributed by atoms with Crippen LogP contribution < -0.4 is 4.90 Å². The lowest BCUT2D eigenvalue weighted by Crippen LogP contribution is -2.35. The van der Waals surface area contributed by atoms with Crippen LogP contribution in [0.2, 0.25) is 0 Å². The maximum absolute atomic E-state index is 13.2. The average Bonchev–Trinajstić information content (AvgIpc) is 2.69. The Morgan fingerprint density at radius 3 is 2.22 bits per heavy atom. The van der Waals surface area contributed by atoms with Crippen molar-refractivity contribution in [1.29, 1.82) is 0 Å². The molecule has 1 amide bonds. The van der Waals surface area contributed by atoms with Crippen molar-refractivity contribution in [2.24, 2.45) is 0 Å². The number of fused-ring (bicyclic) bond motifs is 2. The van der Waals surface area contributed by atoms with Crippen LogP contribution in [0.3, 0.4) is 0 Å². The standard InChI is InChI=1S/C22H23NO4/c1-3-5-8-14-23(22(26)27-4-2)18-13-9-12-17-19(18)21(25)16-11-7-6-10-15(16)20(17)24/h6-7,9-13H,3-5,8,14H2,1-2H3. The summed E-state index contributed by atoms with van der Waals surface area (Å²) in [7, 11) is 0. The first-order chi connectivity index (χ1) is 13.1. The minimum absolute atomic E-state index is 0.195. The zero-order valence-electron chi connectivity index (χ0n) is 15.7. The van der Waals surface area contributed by atoms with E-state index in [-0.39, 0.29) is 23.7 Å². The summed E-state index contributed by atoms with van der Waals surface area (Å²) in [6, 6.07) is 11.9. The van der Waals surface area contributed by atoms with Gasteiger partial charge < -0.3 is 4.74 Å². The van der Waals surface area contributed by atoms with Gasteiger partial charge in [-0.05, 0) is 19.4 Å². The van der Waals surface area contributed by atoms with Gasteiger partial charge in [-0.3, -0.25) is 14.5 Å². The number of amides is 1. The summed E-state index contributed by atoms with van der Waals surface area (Å²) >= 11 is 0. The first-order valence-corrected chi connectivity index (χ1v) is 9.35. The van der Waals surface area contributed by atoms with Crippen LogP contribution in [0, 0.1) is 0 Å². The molecule has 3 rings (SSSR count). The molecule has 2 aromatic carbocycles. The molecule has 1 aliphatic carbocycles. The highest BCUT2D eigenvalue weighted by atomic mass is 16.6. The number of hydrogen-bond donors (Lipinski definition) is 0. The van der Waals surface area contributed by atoms with Gasteiger partial charge in [0.25, 0.3) is 0 Å². The predicted octanol–water partition coefficient (Wildman–Crippen LogP) is 4.62. The quantitative estimate of drug-likeness (QED) is 0.598. The second-order valence-electron chi connectivity index (χ2n) is 6.46. The van der Waals surface area contributed by atoms with Crippen LogP contribution in [0.4, 0.5) is 10.5 Å². The molecule has 0 unspecified atom stereocenters. The molecule has 1 aliphatic rings. The smallest absolute Gasteiger partial charge is 0.414 e. The number of carbonyl (C=O) groups excluding carboxylic acids is 3. The molecule has 0 atom stereocenters. The first-order valence-electron chi connectivity index (χ1n) is 9.35. The Bertz CT molecular complexity index is 888. The van der Waals surface area contributed by atoms with Crippen LogP contribution in [-0.2, 0) is 4.74 Å². The van der Waals surface area contributed by atoms with E-state index in [0.717, 1.165) is 19.3 Å². The fraction of sp³-hybridized carbons (Fsp3) is 0.318. The Morgan fingerprint density at radius 2 is 1.56 bits per heavy atom. The minimum atomic E-state index is -0.499. The van der Waals surface area contributed by atoms with Crippen LogP contribution in [-0.4, -0.2) is 30.8 Å². The van der Waals surface area contributed by atoms with Gasteiger partial charge in [-0.25, -0.2) is 4.79 Å². The van der Waals surface area contributed by atoms with Crippen molar-refractivity contribution in [1.82, 2.24) is 0 Å². The largest absolute Gasteiger partial charge is 0.449 e. The number of nitrogens with zero attached hydrogens (tertiary/aromatic N) is 1. The monoisotopic (exact) mass is 365 g/mol. The first kappa shape index (κ1) is 18.8. The summed E-state index contributed by atoms with van der Waals surface area (Å²) < 4.78 is 5.20. The minimum Gasteiger partial charge on any atom is -0.449 e. The van der Waals surface area contributed by atoms with Gasteiger partial charge in [-0.1, -0.05) is 56.2 Å². The normalized spacial score (nSPS) is 12.4. The molecule has 140 valence electrons. The third-order valence-electron chi connectivity index (χ3n) is 4.69. The molecular weight excluding hydrogens is 342 g/mol. The Balaban J connectivity index is 2.09. The van der Waals surface area contributed by atoms with Crippen LogP contribution in [0.25, 0.3) is 0 Å². The van der Waals surface area contributed by atoms with Gasteiger partial charge >= 0.3 is 6.09 Å². The van der Waals surface area contributed by atoms with Gasteiger partial charge in [0.2, 0.25) is 0 Å². The summed E-state index contributed by atoms with van der Waals surface area (Å²) in [5.41, 5.74) is 1.84. The van der Waals surface area contributed by atoms with Crippen molar-refractivity contribution >= 4 is 23.3 Å². The van der Waals surface area contributed by atoms with E-state index in [0.29, 0.717) is 28.9 Å². The number of ether oxygens (including phenoxy) is 1. The predicted molar refractivity (Wildman–Crippen MR) is 104 cm³/mol. The summed E-state index contributed by atoms with van der Waals surface area (Å²) in [5.74, 6) is -0.431. The van der Waals surface area contributed by atoms with Crippen molar-refractivity contribution in [3.63, 3.8) is 0 Å². The molecule has 5 heteroatoms. The summed E-state index contributed by atoms with van der Waals surface area (Å²) in [6.45, 7) is 4.51. The SMILES string of the molecule is CCCCCN(C(=O)OCC)c1cccc2c1C(=O)c1ccccc1C2=O. The van der Waals surface area contributed by atoms with E-state index in [2.05, 4.69) is 6.92 Å². The molecule has 0 bridgehead atoms. The van der Waals surface area contributed by atoms with Gasteiger partial charge in [0.15, 0.2) is 11.6 Å². The zero-order valence-corrected chi connectivity index (χ0v) is 15.7. The second kappa shape index (κ2) is 8.16. The average molecular weight is 365 g/mol. The van der Waals surface area contributed by atoms with Crippen molar-refractivity contribution in [3.8, 4) is 0 Å². The Kier molecular flexibility index (Phi) is 5.69. The highest BCUT2D eigenvalue weighted by Gasteiger charge is 2.33. The summed E-state index contributed by atoms with van der Waals surface area (Å²) in [6.07, 6.45) is 2.26. The van der Waals surface area contributed by atoms with E-state index in [4.69, 9.17) is 4.74 Å². The number of benzene rings is 2. The molecule has 2 aromatic rings. The fourth-order valence-corrected chi connectivity index (χ4v) is 3.38. The van der Waals surface area contributed by atoms with Crippen molar-refractivity contribution in [2.45, 2.75) is 33.1 Å². The number of unbranched alkanes of at least 4 members (excludes halogenated alkanes) is 2. The van der Waals surface area contributed by atoms with Crippen LogP contribution in [0.15, 0.2) is 42.5 Å². The molecule has 0 spiro atoms. The van der Waals surface area contributed by atoms with E-state index >= 15 is 0 Å². The van der Waals surface area contributed by atoms with E-state index in [9.17, 15) is 14.4 Å². The molecule has 0 aromatic heterocycles.